The molecule has 0 aromatic carbocycles. The lowest BCUT2D eigenvalue weighted by Crippen LogP contribution is -2.56. The summed E-state index contributed by atoms with van der Waals surface area (Å²) in [6.07, 6.45) is 8.17. The second kappa shape index (κ2) is 4.51. The molecule has 19 heavy (non-hydrogen) atoms. The van der Waals surface area contributed by atoms with Gasteiger partial charge in [0.25, 0.3) is 0 Å². The summed E-state index contributed by atoms with van der Waals surface area (Å²) >= 11 is 0. The van der Waals surface area contributed by atoms with Crippen LogP contribution in [0.2, 0.25) is 0 Å². The highest BCUT2D eigenvalue weighted by Gasteiger charge is 2.55. The molecule has 0 aromatic heterocycles. The first-order valence-electron chi connectivity index (χ1n) is 7.73. The number of nitrogens with zero attached hydrogens (tertiary/aromatic N) is 2. The zero-order chi connectivity index (χ0) is 13.6. The molecule has 4 rings (SSSR count). The molecule has 1 amide bonds. The third-order valence-corrected chi connectivity index (χ3v) is 5.87. The average Bonchev–Trinajstić information content (AvgIpc) is 2.36. The van der Waals surface area contributed by atoms with Crippen LogP contribution < -0.4 is 0 Å². The zero-order valence-corrected chi connectivity index (χ0v) is 12.1. The van der Waals surface area contributed by atoms with Gasteiger partial charge in [-0.15, -0.1) is 0 Å². The van der Waals surface area contributed by atoms with Crippen molar-refractivity contribution in [2.24, 2.45) is 23.2 Å². The molecule has 4 aliphatic rings. The molecular formula is C16H24N2O. The van der Waals surface area contributed by atoms with Crippen LogP contribution in [0.3, 0.4) is 0 Å². The van der Waals surface area contributed by atoms with Gasteiger partial charge >= 0.3 is 0 Å². The van der Waals surface area contributed by atoms with Gasteiger partial charge in [0.05, 0.1) is 6.07 Å². The van der Waals surface area contributed by atoms with Crippen LogP contribution in [0.25, 0.3) is 0 Å². The second-order valence-corrected chi connectivity index (χ2v) is 7.17. The molecule has 0 N–H and O–H groups in total. The van der Waals surface area contributed by atoms with Crippen molar-refractivity contribution in [1.82, 2.24) is 4.90 Å². The summed E-state index contributed by atoms with van der Waals surface area (Å²) in [4.78, 5) is 13.7. The third kappa shape index (κ3) is 1.96. The van der Waals surface area contributed by atoms with Crippen LogP contribution in [0, 0.1) is 34.5 Å². The van der Waals surface area contributed by atoms with Gasteiger partial charge in [0.15, 0.2) is 0 Å². The summed E-state index contributed by atoms with van der Waals surface area (Å²) in [6.45, 7) is 1.88. The summed E-state index contributed by atoms with van der Waals surface area (Å²) in [5.41, 5.74) is 0.114. The Morgan fingerprint density at radius 1 is 1.26 bits per heavy atom. The minimum atomic E-state index is -0.201. The van der Waals surface area contributed by atoms with E-state index >= 15 is 0 Å². The van der Waals surface area contributed by atoms with Crippen LogP contribution in [0.1, 0.15) is 51.9 Å². The minimum Gasteiger partial charge on any atom is -0.329 e. The molecule has 1 unspecified atom stereocenters. The standard InChI is InChI=1S/C16H24N2O/c1-3-15(19)18(2)14(10-17)16-7-11-4-12(8-16)6-13(5-11)9-16/h11-14H,3-9H2,1-2H3. The lowest BCUT2D eigenvalue weighted by atomic mass is 9.47. The lowest BCUT2D eigenvalue weighted by molar-refractivity contribution is -0.139. The number of carbonyl (C=O) groups is 1. The summed E-state index contributed by atoms with van der Waals surface area (Å²) in [5.74, 6) is 2.59. The fourth-order valence-electron chi connectivity index (χ4n) is 5.54. The van der Waals surface area contributed by atoms with Crippen LogP contribution in [-0.2, 0) is 4.79 Å². The van der Waals surface area contributed by atoms with Crippen molar-refractivity contribution >= 4 is 5.91 Å². The van der Waals surface area contributed by atoms with Crippen molar-refractivity contribution in [3.8, 4) is 6.07 Å². The number of rotatable bonds is 3. The molecule has 0 aliphatic heterocycles. The average molecular weight is 260 g/mol. The maximum Gasteiger partial charge on any atom is 0.223 e. The Morgan fingerprint density at radius 2 is 1.74 bits per heavy atom. The minimum absolute atomic E-state index is 0.113. The number of hydrogen-bond donors (Lipinski definition) is 0. The monoisotopic (exact) mass is 260 g/mol. The highest BCUT2D eigenvalue weighted by atomic mass is 16.2. The molecule has 4 bridgehead atoms. The van der Waals surface area contributed by atoms with E-state index in [1.54, 1.807) is 4.90 Å². The Balaban J connectivity index is 1.87. The first-order chi connectivity index (χ1) is 9.08. The largest absolute Gasteiger partial charge is 0.329 e. The predicted octanol–water partition coefficient (Wildman–Crippen LogP) is 2.96. The van der Waals surface area contributed by atoms with Gasteiger partial charge in [-0.1, -0.05) is 6.92 Å². The first-order valence-corrected chi connectivity index (χ1v) is 7.73. The van der Waals surface area contributed by atoms with Crippen LogP contribution in [-0.4, -0.2) is 23.9 Å². The summed E-state index contributed by atoms with van der Waals surface area (Å²) in [6, 6.07) is 2.28. The van der Waals surface area contributed by atoms with Crippen molar-refractivity contribution in [1.29, 1.82) is 5.26 Å². The van der Waals surface area contributed by atoms with Gasteiger partial charge in [-0.05, 0) is 56.3 Å². The summed E-state index contributed by atoms with van der Waals surface area (Å²) in [7, 11) is 1.83. The maximum absolute atomic E-state index is 12.0. The molecule has 4 fully saturated rings. The van der Waals surface area contributed by atoms with E-state index in [2.05, 4.69) is 6.07 Å². The number of amides is 1. The van der Waals surface area contributed by atoms with E-state index < -0.39 is 0 Å². The topological polar surface area (TPSA) is 44.1 Å². The van der Waals surface area contributed by atoms with Crippen molar-refractivity contribution in [3.63, 3.8) is 0 Å². The molecular weight excluding hydrogens is 236 g/mol. The molecule has 0 aromatic rings. The molecule has 104 valence electrons. The van der Waals surface area contributed by atoms with E-state index in [-0.39, 0.29) is 17.4 Å². The molecule has 0 radical (unpaired) electrons. The zero-order valence-electron chi connectivity index (χ0n) is 12.1. The van der Waals surface area contributed by atoms with Gasteiger partial charge in [-0.2, -0.15) is 5.26 Å². The van der Waals surface area contributed by atoms with E-state index in [9.17, 15) is 10.1 Å². The van der Waals surface area contributed by atoms with Crippen LogP contribution in [0.5, 0.6) is 0 Å². The molecule has 0 heterocycles. The highest BCUT2D eigenvalue weighted by molar-refractivity contribution is 5.76. The van der Waals surface area contributed by atoms with E-state index in [0.29, 0.717) is 6.42 Å². The first kappa shape index (κ1) is 13.0. The number of nitriles is 1. The van der Waals surface area contributed by atoms with Crippen LogP contribution in [0.4, 0.5) is 0 Å². The van der Waals surface area contributed by atoms with E-state index in [0.717, 1.165) is 17.8 Å². The molecule has 0 spiro atoms. The Bertz CT molecular complexity index is 388. The smallest absolute Gasteiger partial charge is 0.223 e. The van der Waals surface area contributed by atoms with Crippen molar-refractivity contribution < 1.29 is 4.79 Å². The highest BCUT2D eigenvalue weighted by Crippen LogP contribution is 2.61. The molecule has 3 heteroatoms. The fourth-order valence-corrected chi connectivity index (χ4v) is 5.54. The van der Waals surface area contributed by atoms with Gasteiger partial charge in [-0.25, -0.2) is 0 Å². The number of carbonyl (C=O) groups excluding carboxylic acids is 1. The van der Waals surface area contributed by atoms with Gasteiger partial charge in [0.2, 0.25) is 5.91 Å². The van der Waals surface area contributed by atoms with Gasteiger partial charge in [0, 0.05) is 18.9 Å². The molecule has 4 saturated carbocycles. The van der Waals surface area contributed by atoms with E-state index in [4.69, 9.17) is 0 Å². The molecule has 3 nitrogen and oxygen atoms in total. The maximum atomic E-state index is 12.0. The van der Waals surface area contributed by atoms with Crippen LogP contribution >= 0.6 is 0 Å². The quantitative estimate of drug-likeness (QED) is 0.783. The van der Waals surface area contributed by atoms with Gasteiger partial charge < -0.3 is 4.90 Å². The predicted molar refractivity (Wildman–Crippen MR) is 73.1 cm³/mol. The van der Waals surface area contributed by atoms with Crippen molar-refractivity contribution in [2.75, 3.05) is 7.05 Å². The Hall–Kier alpha value is -1.04. The van der Waals surface area contributed by atoms with Crippen LogP contribution in [0.15, 0.2) is 0 Å². The second-order valence-electron chi connectivity index (χ2n) is 7.17. The summed E-state index contributed by atoms with van der Waals surface area (Å²) < 4.78 is 0. The Morgan fingerprint density at radius 3 is 2.11 bits per heavy atom. The number of hydrogen-bond acceptors (Lipinski definition) is 2. The fraction of sp³-hybridized carbons (Fsp3) is 0.875. The molecule has 1 atom stereocenters. The van der Waals surface area contributed by atoms with Gasteiger partial charge in [-0.3, -0.25) is 4.79 Å². The van der Waals surface area contributed by atoms with Crippen molar-refractivity contribution in [3.05, 3.63) is 0 Å². The SMILES string of the molecule is CCC(=O)N(C)C(C#N)C12CC3CC(CC(C3)C1)C2. The Labute approximate surface area is 116 Å². The van der Waals surface area contributed by atoms with E-state index in [1.807, 2.05) is 14.0 Å². The Kier molecular flexibility index (Phi) is 3.08. The normalized spacial score (nSPS) is 40.8. The third-order valence-electron chi connectivity index (χ3n) is 5.87. The lowest BCUT2D eigenvalue weighted by Gasteiger charge is -2.59. The molecule has 0 saturated heterocycles. The summed E-state index contributed by atoms with van der Waals surface area (Å²) in [5, 5.41) is 9.66. The van der Waals surface area contributed by atoms with Crippen molar-refractivity contribution in [2.45, 2.75) is 57.9 Å². The van der Waals surface area contributed by atoms with E-state index in [1.165, 1.54) is 38.5 Å². The van der Waals surface area contributed by atoms with Gasteiger partial charge in [0.1, 0.15) is 6.04 Å². The molecule has 4 aliphatic carbocycles.